The molecule has 0 radical (unpaired) electrons. The van der Waals surface area contributed by atoms with Crippen LogP contribution in [-0.2, 0) is 0 Å². The van der Waals surface area contributed by atoms with E-state index < -0.39 is 0 Å². The Morgan fingerprint density at radius 2 is 2.29 bits per heavy atom. The van der Waals surface area contributed by atoms with Crippen molar-refractivity contribution >= 4 is 45.1 Å². The molecule has 0 aliphatic heterocycles. The van der Waals surface area contributed by atoms with E-state index in [-0.39, 0.29) is 0 Å². The Kier molecular flexibility index (Phi) is 4.51. The van der Waals surface area contributed by atoms with Crippen molar-refractivity contribution in [1.29, 1.82) is 0 Å². The zero-order valence-corrected chi connectivity index (χ0v) is 14.0. The van der Waals surface area contributed by atoms with Gasteiger partial charge in [-0.15, -0.1) is 11.3 Å². The number of anilines is 2. The zero-order valence-electron chi connectivity index (χ0n) is 12.3. The highest BCUT2D eigenvalue weighted by Gasteiger charge is 2.25. The molecule has 0 amide bonds. The van der Waals surface area contributed by atoms with Crippen LogP contribution in [0.25, 0.3) is 10.2 Å². The number of nitrogens with zero attached hydrogens (tertiary/aromatic N) is 2. The third kappa shape index (κ3) is 3.25. The first-order valence-electron chi connectivity index (χ1n) is 7.32. The first kappa shape index (κ1) is 14.9. The molecule has 114 valence electrons. The fourth-order valence-corrected chi connectivity index (χ4v) is 4.89. The highest BCUT2D eigenvalue weighted by molar-refractivity contribution is 7.99. The van der Waals surface area contributed by atoms with Gasteiger partial charge < -0.3 is 5.32 Å². The summed E-state index contributed by atoms with van der Waals surface area (Å²) in [6.07, 6.45) is 3.70. The summed E-state index contributed by atoms with van der Waals surface area (Å²) in [7, 11) is 0. The van der Waals surface area contributed by atoms with Crippen LogP contribution in [0.1, 0.15) is 31.1 Å². The van der Waals surface area contributed by atoms with Crippen LogP contribution in [0, 0.1) is 6.92 Å². The minimum atomic E-state index is 0.476. The van der Waals surface area contributed by atoms with E-state index in [2.05, 4.69) is 52.4 Å². The van der Waals surface area contributed by atoms with E-state index in [0.29, 0.717) is 12.0 Å². The van der Waals surface area contributed by atoms with E-state index in [0.717, 1.165) is 21.3 Å². The second-order valence-corrected chi connectivity index (χ2v) is 8.16. The summed E-state index contributed by atoms with van der Waals surface area (Å²) in [5.74, 6) is 8.06. The van der Waals surface area contributed by atoms with Gasteiger partial charge in [-0.3, -0.25) is 5.43 Å². The van der Waals surface area contributed by atoms with Crippen molar-refractivity contribution in [3.05, 3.63) is 10.9 Å². The molecule has 0 bridgehead atoms. The van der Waals surface area contributed by atoms with Crippen molar-refractivity contribution in [2.45, 2.75) is 44.4 Å². The lowest BCUT2D eigenvalue weighted by Crippen LogP contribution is -2.18. The molecule has 2 heterocycles. The van der Waals surface area contributed by atoms with Crippen LogP contribution in [0.2, 0.25) is 0 Å². The first-order valence-corrected chi connectivity index (χ1v) is 9.19. The van der Waals surface area contributed by atoms with Crippen LogP contribution in [0.4, 0.5) is 11.8 Å². The Hall–Kier alpha value is -1.05. The average Bonchev–Trinajstić information content (AvgIpc) is 3.05. The Labute approximate surface area is 133 Å². The smallest absolute Gasteiger partial charge is 0.240 e. The summed E-state index contributed by atoms with van der Waals surface area (Å²) < 4.78 is 0. The molecule has 2 atom stereocenters. The van der Waals surface area contributed by atoms with Gasteiger partial charge in [-0.25, -0.2) is 10.8 Å². The molecule has 2 aromatic heterocycles. The summed E-state index contributed by atoms with van der Waals surface area (Å²) in [5, 5.41) is 5.49. The maximum absolute atomic E-state index is 5.48. The quantitative estimate of drug-likeness (QED) is 0.578. The number of nitrogen functional groups attached to an aromatic ring is 1. The number of aromatic nitrogens is 2. The molecule has 1 aliphatic carbocycles. The number of thioether (sulfide) groups is 1. The van der Waals surface area contributed by atoms with Crippen molar-refractivity contribution in [2.24, 2.45) is 5.84 Å². The SMILES string of the molecule is CCSC1CCC(Nc2nc(NN)nc3sc(C)cc23)C1. The third-order valence-corrected chi connectivity index (χ3v) is 5.95. The normalized spacial score (nSPS) is 21.9. The van der Waals surface area contributed by atoms with E-state index in [1.54, 1.807) is 11.3 Å². The minimum Gasteiger partial charge on any atom is -0.367 e. The zero-order chi connectivity index (χ0) is 14.8. The van der Waals surface area contributed by atoms with E-state index in [4.69, 9.17) is 5.84 Å². The second kappa shape index (κ2) is 6.37. The van der Waals surface area contributed by atoms with Crippen molar-refractivity contribution in [1.82, 2.24) is 9.97 Å². The van der Waals surface area contributed by atoms with Gasteiger partial charge in [0.15, 0.2) is 0 Å². The summed E-state index contributed by atoms with van der Waals surface area (Å²) in [4.78, 5) is 11.2. The highest BCUT2D eigenvalue weighted by Crippen LogP contribution is 2.34. The molecule has 2 aromatic rings. The van der Waals surface area contributed by atoms with Gasteiger partial charge in [-0.2, -0.15) is 16.7 Å². The summed E-state index contributed by atoms with van der Waals surface area (Å²) in [6.45, 7) is 4.32. The molecule has 0 saturated heterocycles. The van der Waals surface area contributed by atoms with E-state index >= 15 is 0 Å². The molecule has 4 N–H and O–H groups in total. The van der Waals surface area contributed by atoms with Crippen LogP contribution >= 0.6 is 23.1 Å². The highest BCUT2D eigenvalue weighted by atomic mass is 32.2. The summed E-state index contributed by atoms with van der Waals surface area (Å²) in [5.41, 5.74) is 2.56. The maximum atomic E-state index is 5.48. The van der Waals surface area contributed by atoms with Gasteiger partial charge in [0, 0.05) is 16.2 Å². The Morgan fingerprint density at radius 1 is 1.43 bits per heavy atom. The topological polar surface area (TPSA) is 75.9 Å². The number of nitrogens with one attached hydrogen (secondary N) is 2. The Balaban J connectivity index is 1.83. The molecule has 2 unspecified atom stereocenters. The molecule has 5 nitrogen and oxygen atoms in total. The van der Waals surface area contributed by atoms with Gasteiger partial charge in [0.25, 0.3) is 0 Å². The molecule has 1 fully saturated rings. The van der Waals surface area contributed by atoms with Crippen LogP contribution in [-0.4, -0.2) is 27.0 Å². The Bertz CT molecular complexity index is 627. The predicted molar refractivity (Wildman–Crippen MR) is 93.1 cm³/mol. The Morgan fingerprint density at radius 3 is 3.05 bits per heavy atom. The van der Waals surface area contributed by atoms with Crippen LogP contribution < -0.4 is 16.6 Å². The van der Waals surface area contributed by atoms with Gasteiger partial charge in [0.1, 0.15) is 10.6 Å². The van der Waals surface area contributed by atoms with Crippen molar-refractivity contribution in [3.63, 3.8) is 0 Å². The van der Waals surface area contributed by atoms with Crippen molar-refractivity contribution in [3.8, 4) is 0 Å². The number of thiophene rings is 1. The number of nitrogens with two attached hydrogens (primary N) is 1. The average molecular weight is 323 g/mol. The van der Waals surface area contributed by atoms with E-state index in [9.17, 15) is 0 Å². The first-order chi connectivity index (χ1) is 10.2. The third-order valence-electron chi connectivity index (χ3n) is 3.77. The summed E-state index contributed by atoms with van der Waals surface area (Å²) in [6, 6.07) is 2.65. The number of hydrazine groups is 1. The van der Waals surface area contributed by atoms with E-state index in [1.807, 2.05) is 0 Å². The number of hydrogen-bond acceptors (Lipinski definition) is 7. The number of aryl methyl sites for hydroxylation is 1. The van der Waals surface area contributed by atoms with Gasteiger partial charge >= 0.3 is 0 Å². The predicted octanol–water partition coefficient (Wildman–Crippen LogP) is 3.37. The van der Waals surface area contributed by atoms with Gasteiger partial charge in [-0.1, -0.05) is 6.92 Å². The molecular formula is C14H21N5S2. The monoisotopic (exact) mass is 323 g/mol. The molecule has 1 aliphatic rings. The lowest BCUT2D eigenvalue weighted by molar-refractivity contribution is 0.753. The van der Waals surface area contributed by atoms with Gasteiger partial charge in [0.2, 0.25) is 5.95 Å². The molecule has 0 aromatic carbocycles. The maximum Gasteiger partial charge on any atom is 0.240 e. The number of fused-ring (bicyclic) bond motifs is 1. The standard InChI is InChI=1S/C14H21N5S2/c1-3-20-10-5-4-9(7-10)16-12-11-6-8(2)21-13(11)18-14(17-12)19-15/h6,9-10H,3-5,7,15H2,1-2H3,(H2,16,17,18,19). The fourth-order valence-electron chi connectivity index (χ4n) is 2.87. The lowest BCUT2D eigenvalue weighted by atomic mass is 10.2. The minimum absolute atomic E-state index is 0.476. The molecule has 0 spiro atoms. The molecule has 7 heteroatoms. The number of hydrogen-bond donors (Lipinski definition) is 3. The second-order valence-electron chi connectivity index (χ2n) is 5.35. The van der Waals surface area contributed by atoms with Crippen molar-refractivity contribution < 1.29 is 0 Å². The molecule has 21 heavy (non-hydrogen) atoms. The molecule has 3 rings (SSSR count). The van der Waals surface area contributed by atoms with Crippen LogP contribution in [0.15, 0.2) is 6.07 Å². The van der Waals surface area contributed by atoms with Crippen LogP contribution in [0.3, 0.4) is 0 Å². The van der Waals surface area contributed by atoms with Crippen LogP contribution in [0.5, 0.6) is 0 Å². The van der Waals surface area contributed by atoms with Crippen molar-refractivity contribution in [2.75, 3.05) is 16.5 Å². The molecular weight excluding hydrogens is 302 g/mol. The van der Waals surface area contributed by atoms with Gasteiger partial charge in [-0.05, 0) is 38.0 Å². The van der Waals surface area contributed by atoms with E-state index in [1.165, 1.54) is 29.9 Å². The number of rotatable bonds is 5. The largest absolute Gasteiger partial charge is 0.367 e. The summed E-state index contributed by atoms with van der Waals surface area (Å²) >= 11 is 3.74. The lowest BCUT2D eigenvalue weighted by Gasteiger charge is -2.15. The molecule has 1 saturated carbocycles. The fraction of sp³-hybridized carbons (Fsp3) is 0.571. The van der Waals surface area contributed by atoms with Gasteiger partial charge in [0.05, 0.1) is 5.39 Å².